The summed E-state index contributed by atoms with van der Waals surface area (Å²) in [6.07, 6.45) is 0. The Labute approximate surface area is 59.8 Å². The van der Waals surface area contributed by atoms with Crippen LogP contribution in [0.1, 0.15) is 6.92 Å². The van der Waals surface area contributed by atoms with Gasteiger partial charge in [0.25, 0.3) is 0 Å². The lowest BCUT2D eigenvalue weighted by Gasteiger charge is -2.03. The molecule has 4 heteroatoms. The summed E-state index contributed by atoms with van der Waals surface area (Å²) in [4.78, 5) is 3.74. The molecule has 0 aromatic carbocycles. The van der Waals surface area contributed by atoms with Crippen molar-refractivity contribution in [1.29, 1.82) is 5.41 Å². The number of allylic oxidation sites excluding steroid dienone is 1. The summed E-state index contributed by atoms with van der Waals surface area (Å²) < 4.78 is 0. The Balaban J connectivity index is 4.23. The Hall–Kier alpha value is -1.16. The normalized spacial score (nSPS) is 10.9. The zero-order valence-corrected chi connectivity index (χ0v) is 6.10. The molecular weight excluding hydrogens is 130 g/mol. The lowest BCUT2D eigenvalue weighted by Crippen LogP contribution is -2.20. The van der Waals surface area contributed by atoms with Crippen LogP contribution in [0.2, 0.25) is 0 Å². The molecule has 0 heterocycles. The summed E-state index contributed by atoms with van der Waals surface area (Å²) in [5.41, 5.74) is 2.59. The lowest BCUT2D eigenvalue weighted by molar-refractivity contribution is 0.208. The molecular formula is C6H11N3O. The summed E-state index contributed by atoms with van der Waals surface area (Å²) in [6.45, 7) is 5.05. The maximum Gasteiger partial charge on any atom is 0.0995 e. The third-order valence-corrected chi connectivity index (χ3v) is 1.13. The van der Waals surface area contributed by atoms with Gasteiger partial charge in [-0.15, -0.1) is 0 Å². The molecule has 0 amide bonds. The number of hydrogen-bond donors (Lipinski definition) is 3. The molecule has 4 nitrogen and oxygen atoms in total. The average molecular weight is 141 g/mol. The number of hydrogen-bond acceptors (Lipinski definition) is 4. The van der Waals surface area contributed by atoms with Gasteiger partial charge in [0.2, 0.25) is 0 Å². The summed E-state index contributed by atoms with van der Waals surface area (Å²) in [7, 11) is 1.58. The Morgan fingerprint density at radius 3 is 2.50 bits per heavy atom. The van der Waals surface area contributed by atoms with Crippen molar-refractivity contribution < 1.29 is 5.21 Å². The number of aliphatic imine (C=N–C) groups is 1. The van der Waals surface area contributed by atoms with E-state index in [0.29, 0.717) is 5.71 Å². The summed E-state index contributed by atoms with van der Waals surface area (Å²) >= 11 is 0. The second-order valence-corrected chi connectivity index (χ2v) is 1.77. The Morgan fingerprint density at radius 1 is 1.70 bits per heavy atom. The van der Waals surface area contributed by atoms with E-state index >= 15 is 0 Å². The highest BCUT2D eigenvalue weighted by molar-refractivity contribution is 6.45. The topological polar surface area (TPSA) is 68.5 Å². The molecule has 0 aliphatic carbocycles. The van der Waals surface area contributed by atoms with E-state index in [9.17, 15) is 0 Å². The molecule has 0 spiro atoms. The van der Waals surface area contributed by atoms with E-state index in [0.717, 1.165) is 0 Å². The molecule has 0 saturated heterocycles. The van der Waals surface area contributed by atoms with E-state index in [-0.39, 0.29) is 11.4 Å². The number of nitrogens with zero attached hydrogens (tertiary/aromatic N) is 1. The first-order valence-corrected chi connectivity index (χ1v) is 2.75. The van der Waals surface area contributed by atoms with Crippen molar-refractivity contribution in [3.05, 3.63) is 12.3 Å². The molecule has 10 heavy (non-hydrogen) atoms. The van der Waals surface area contributed by atoms with Gasteiger partial charge in [-0.25, -0.2) is 0 Å². The van der Waals surface area contributed by atoms with Gasteiger partial charge in [-0.1, -0.05) is 6.58 Å². The van der Waals surface area contributed by atoms with E-state index in [1.807, 2.05) is 0 Å². The van der Waals surface area contributed by atoms with Gasteiger partial charge in [0.1, 0.15) is 0 Å². The minimum Gasteiger partial charge on any atom is -0.297 e. The fourth-order valence-corrected chi connectivity index (χ4v) is 0.386. The van der Waals surface area contributed by atoms with Crippen LogP contribution in [-0.4, -0.2) is 23.7 Å². The number of nitrogens with one attached hydrogen (secondary N) is 2. The van der Waals surface area contributed by atoms with Crippen molar-refractivity contribution in [3.8, 4) is 0 Å². The van der Waals surface area contributed by atoms with E-state index in [2.05, 4.69) is 11.6 Å². The molecule has 0 aromatic heterocycles. The van der Waals surface area contributed by atoms with Gasteiger partial charge in [-0.2, -0.15) is 0 Å². The average Bonchev–Trinajstić information content (AvgIpc) is 2.00. The van der Waals surface area contributed by atoms with Crippen LogP contribution in [0.4, 0.5) is 0 Å². The largest absolute Gasteiger partial charge is 0.297 e. The van der Waals surface area contributed by atoms with E-state index < -0.39 is 0 Å². The van der Waals surface area contributed by atoms with Crippen molar-refractivity contribution in [2.75, 3.05) is 7.05 Å². The molecule has 0 aliphatic heterocycles. The van der Waals surface area contributed by atoms with E-state index in [4.69, 9.17) is 10.6 Å². The third-order valence-electron chi connectivity index (χ3n) is 1.13. The van der Waals surface area contributed by atoms with Crippen LogP contribution in [0, 0.1) is 5.41 Å². The van der Waals surface area contributed by atoms with Crippen molar-refractivity contribution in [1.82, 2.24) is 5.48 Å². The minimum absolute atomic E-state index is 0.116. The molecule has 0 fully saturated rings. The zero-order valence-electron chi connectivity index (χ0n) is 6.10. The minimum atomic E-state index is 0.116. The quantitative estimate of drug-likeness (QED) is 0.397. The smallest absolute Gasteiger partial charge is 0.0995 e. The van der Waals surface area contributed by atoms with Crippen molar-refractivity contribution >= 4 is 11.4 Å². The molecule has 56 valence electrons. The van der Waals surface area contributed by atoms with Gasteiger partial charge in [-0.3, -0.25) is 21.1 Å². The Morgan fingerprint density at radius 2 is 2.20 bits per heavy atom. The summed E-state index contributed by atoms with van der Waals surface area (Å²) in [6, 6.07) is 0. The molecule has 0 atom stereocenters. The SMILES string of the molecule is C=C(NO)C(=N)C(C)=NC. The Kier molecular flexibility index (Phi) is 3.35. The fraction of sp³-hybridized carbons (Fsp3) is 0.333. The lowest BCUT2D eigenvalue weighted by atomic mass is 10.2. The van der Waals surface area contributed by atoms with Gasteiger partial charge >= 0.3 is 0 Å². The van der Waals surface area contributed by atoms with Gasteiger partial charge in [0.15, 0.2) is 0 Å². The van der Waals surface area contributed by atoms with Crippen LogP contribution in [0.3, 0.4) is 0 Å². The first-order valence-electron chi connectivity index (χ1n) is 2.75. The second-order valence-electron chi connectivity index (χ2n) is 1.77. The molecule has 3 N–H and O–H groups in total. The first-order chi connectivity index (χ1) is 4.63. The van der Waals surface area contributed by atoms with Gasteiger partial charge in [0, 0.05) is 7.05 Å². The van der Waals surface area contributed by atoms with E-state index in [1.54, 1.807) is 19.5 Å². The van der Waals surface area contributed by atoms with Crippen molar-refractivity contribution in [2.24, 2.45) is 4.99 Å². The molecule has 0 unspecified atom stereocenters. The number of hydroxylamine groups is 1. The highest BCUT2D eigenvalue weighted by Gasteiger charge is 2.02. The first kappa shape index (κ1) is 8.84. The Bertz CT molecular complexity index is 183. The highest BCUT2D eigenvalue weighted by atomic mass is 16.5. The maximum atomic E-state index is 8.30. The van der Waals surface area contributed by atoms with Crippen molar-refractivity contribution in [3.63, 3.8) is 0 Å². The van der Waals surface area contributed by atoms with Crippen LogP contribution in [0.15, 0.2) is 17.3 Å². The highest BCUT2D eigenvalue weighted by Crippen LogP contribution is 1.89. The molecule has 0 bridgehead atoms. The molecule has 0 rings (SSSR count). The molecule has 0 radical (unpaired) electrons. The standard InChI is InChI=1S/C6H11N3O/c1-4(8-3)6(7)5(2)9-10/h7,9-10H,2H2,1,3H3. The number of rotatable bonds is 3. The molecule has 0 aromatic rings. The summed E-state index contributed by atoms with van der Waals surface area (Å²) in [5.74, 6) is 0. The van der Waals surface area contributed by atoms with Crippen LogP contribution in [-0.2, 0) is 0 Å². The van der Waals surface area contributed by atoms with Crippen LogP contribution in [0.5, 0.6) is 0 Å². The van der Waals surface area contributed by atoms with Crippen LogP contribution < -0.4 is 5.48 Å². The van der Waals surface area contributed by atoms with Crippen LogP contribution in [0.25, 0.3) is 0 Å². The molecule has 0 aliphatic rings. The summed E-state index contributed by atoms with van der Waals surface area (Å²) in [5, 5.41) is 15.6. The zero-order chi connectivity index (χ0) is 8.15. The van der Waals surface area contributed by atoms with E-state index in [1.165, 1.54) is 0 Å². The second kappa shape index (κ2) is 3.79. The monoisotopic (exact) mass is 141 g/mol. The van der Waals surface area contributed by atoms with Crippen LogP contribution >= 0.6 is 0 Å². The van der Waals surface area contributed by atoms with Gasteiger partial charge in [-0.05, 0) is 6.92 Å². The van der Waals surface area contributed by atoms with Gasteiger partial charge in [0.05, 0.1) is 17.1 Å². The predicted molar refractivity (Wildman–Crippen MR) is 40.8 cm³/mol. The fourth-order valence-electron chi connectivity index (χ4n) is 0.386. The maximum absolute atomic E-state index is 8.30. The van der Waals surface area contributed by atoms with Gasteiger partial charge < -0.3 is 0 Å². The molecule has 0 saturated carbocycles. The predicted octanol–water partition coefficient (Wildman–Crippen LogP) is 0.589. The van der Waals surface area contributed by atoms with Crippen molar-refractivity contribution in [2.45, 2.75) is 6.92 Å². The third kappa shape index (κ3) is 1.99.